The molecule has 0 fully saturated rings. The zero-order valence-corrected chi connectivity index (χ0v) is 19.5. The maximum Gasteiger partial charge on any atom is 0.273 e. The molecule has 0 saturated carbocycles. The molecule has 1 heterocycles. The molecule has 1 amide bonds. The molecule has 0 spiro atoms. The summed E-state index contributed by atoms with van der Waals surface area (Å²) in [5.74, 6) is -0.177. The second-order valence-corrected chi connectivity index (χ2v) is 8.50. The Morgan fingerprint density at radius 1 is 1.00 bits per heavy atom. The van der Waals surface area contributed by atoms with Crippen LogP contribution < -0.4 is 5.32 Å². The second-order valence-electron chi connectivity index (χ2n) is 8.10. The van der Waals surface area contributed by atoms with Gasteiger partial charge in [-0.05, 0) is 41.8 Å². The first-order valence-electron chi connectivity index (χ1n) is 11.0. The summed E-state index contributed by atoms with van der Waals surface area (Å²) in [6.07, 6.45) is 1.37. The quantitative estimate of drug-likeness (QED) is 0.313. The molecule has 4 aromatic rings. The van der Waals surface area contributed by atoms with Crippen LogP contribution in [0.4, 0.5) is 4.39 Å². The molecular weight excluding hydrogens is 453 g/mol. The Balaban J connectivity index is 1.47. The van der Waals surface area contributed by atoms with Crippen molar-refractivity contribution in [2.24, 2.45) is 0 Å². The van der Waals surface area contributed by atoms with Gasteiger partial charge in [0.15, 0.2) is 5.69 Å². The molecule has 0 aliphatic carbocycles. The van der Waals surface area contributed by atoms with Crippen molar-refractivity contribution in [3.8, 4) is 0 Å². The molecule has 1 unspecified atom stereocenters. The number of rotatable bonds is 9. The molecule has 1 aromatic heterocycles. The zero-order chi connectivity index (χ0) is 23.9. The third-order valence-electron chi connectivity index (χ3n) is 5.46. The number of benzene rings is 3. The molecule has 174 valence electrons. The van der Waals surface area contributed by atoms with E-state index in [9.17, 15) is 9.18 Å². The Morgan fingerprint density at radius 3 is 2.44 bits per heavy atom. The van der Waals surface area contributed by atoms with E-state index in [1.165, 1.54) is 18.4 Å². The lowest BCUT2D eigenvalue weighted by atomic mass is 10.1. The number of hydrogen-bond donors (Lipinski definition) is 1. The predicted molar refractivity (Wildman–Crippen MR) is 130 cm³/mol. The van der Waals surface area contributed by atoms with Crippen LogP contribution in [0.2, 0.25) is 5.02 Å². The van der Waals surface area contributed by atoms with E-state index >= 15 is 0 Å². The lowest BCUT2D eigenvalue weighted by Gasteiger charge is -2.21. The summed E-state index contributed by atoms with van der Waals surface area (Å²) >= 11 is 6.37. The van der Waals surface area contributed by atoms with Crippen LogP contribution in [0.15, 0.2) is 89.5 Å². The molecule has 7 heteroatoms. The highest BCUT2D eigenvalue weighted by Gasteiger charge is 2.18. The minimum absolute atomic E-state index is 0.163. The summed E-state index contributed by atoms with van der Waals surface area (Å²) in [7, 11) is 0. The maximum absolute atomic E-state index is 13.4. The fourth-order valence-corrected chi connectivity index (χ4v) is 3.85. The van der Waals surface area contributed by atoms with E-state index in [0.717, 1.165) is 16.7 Å². The standard InChI is InChI=1S/C27H25ClFN3O2/c1-19(21-7-3-2-4-8-21)30-27(33)25-18-34-26(31-25)17-32(15-20-11-13-23(29)14-12-20)16-22-9-5-6-10-24(22)28/h2-14,18-19H,15-17H2,1H3,(H,30,33). The van der Waals surface area contributed by atoms with Gasteiger partial charge in [-0.2, -0.15) is 0 Å². The normalized spacial score (nSPS) is 12.0. The fourth-order valence-electron chi connectivity index (χ4n) is 3.66. The summed E-state index contributed by atoms with van der Waals surface area (Å²) in [4.78, 5) is 19.2. The van der Waals surface area contributed by atoms with Crippen LogP contribution in [-0.2, 0) is 19.6 Å². The van der Waals surface area contributed by atoms with Gasteiger partial charge in [0.25, 0.3) is 5.91 Å². The second kappa shape index (κ2) is 11.1. The van der Waals surface area contributed by atoms with Crippen molar-refractivity contribution in [1.29, 1.82) is 0 Å². The largest absolute Gasteiger partial charge is 0.447 e. The molecule has 5 nitrogen and oxygen atoms in total. The lowest BCUT2D eigenvalue weighted by molar-refractivity contribution is 0.0934. The Hall–Kier alpha value is -3.48. The van der Waals surface area contributed by atoms with Gasteiger partial charge in [0.1, 0.15) is 12.1 Å². The van der Waals surface area contributed by atoms with Crippen LogP contribution in [-0.4, -0.2) is 15.8 Å². The number of aromatic nitrogens is 1. The fraction of sp³-hybridized carbons (Fsp3) is 0.185. The van der Waals surface area contributed by atoms with Crippen molar-refractivity contribution in [1.82, 2.24) is 15.2 Å². The Morgan fingerprint density at radius 2 is 1.71 bits per heavy atom. The summed E-state index contributed by atoms with van der Waals surface area (Å²) in [5.41, 5.74) is 3.11. The van der Waals surface area contributed by atoms with Crippen LogP contribution in [0.3, 0.4) is 0 Å². The molecule has 1 atom stereocenters. The first-order chi connectivity index (χ1) is 16.5. The number of carbonyl (C=O) groups excluding carboxylic acids is 1. The Kier molecular flexibility index (Phi) is 7.72. The van der Waals surface area contributed by atoms with E-state index in [0.29, 0.717) is 30.5 Å². The SMILES string of the molecule is CC(NC(=O)c1coc(CN(Cc2ccc(F)cc2)Cc2ccccc2Cl)n1)c1ccccc1. The van der Waals surface area contributed by atoms with E-state index in [1.54, 1.807) is 12.1 Å². The van der Waals surface area contributed by atoms with E-state index < -0.39 is 0 Å². The Labute approximate surface area is 203 Å². The molecule has 0 bridgehead atoms. The maximum atomic E-state index is 13.4. The third kappa shape index (κ3) is 6.31. The zero-order valence-electron chi connectivity index (χ0n) is 18.7. The number of halogens is 2. The van der Waals surface area contributed by atoms with Crippen molar-refractivity contribution in [3.63, 3.8) is 0 Å². The average molecular weight is 478 g/mol. The number of nitrogens with zero attached hydrogens (tertiary/aromatic N) is 2. The smallest absolute Gasteiger partial charge is 0.273 e. The van der Waals surface area contributed by atoms with Gasteiger partial charge < -0.3 is 9.73 Å². The third-order valence-corrected chi connectivity index (χ3v) is 5.83. The monoisotopic (exact) mass is 477 g/mol. The van der Waals surface area contributed by atoms with E-state index in [4.69, 9.17) is 16.0 Å². The minimum atomic E-state index is -0.303. The van der Waals surface area contributed by atoms with E-state index in [2.05, 4.69) is 15.2 Å². The van der Waals surface area contributed by atoms with E-state index in [1.807, 2.05) is 61.5 Å². The molecule has 1 N–H and O–H groups in total. The van der Waals surface area contributed by atoms with E-state index in [-0.39, 0.29) is 23.5 Å². The van der Waals surface area contributed by atoms with Gasteiger partial charge in [-0.1, -0.05) is 72.3 Å². The highest BCUT2D eigenvalue weighted by molar-refractivity contribution is 6.31. The predicted octanol–water partition coefficient (Wildman–Crippen LogP) is 6.16. The molecule has 34 heavy (non-hydrogen) atoms. The molecule has 0 radical (unpaired) electrons. The highest BCUT2D eigenvalue weighted by atomic mass is 35.5. The lowest BCUT2D eigenvalue weighted by Crippen LogP contribution is -2.27. The number of hydrogen-bond acceptors (Lipinski definition) is 4. The van der Waals surface area contributed by atoms with Gasteiger partial charge in [-0.25, -0.2) is 9.37 Å². The number of nitrogens with one attached hydrogen (secondary N) is 1. The minimum Gasteiger partial charge on any atom is -0.447 e. The molecule has 0 aliphatic heterocycles. The van der Waals surface area contributed by atoms with Gasteiger partial charge in [0.05, 0.1) is 12.6 Å². The summed E-state index contributed by atoms with van der Waals surface area (Å²) in [6.45, 7) is 3.33. The molecular formula is C27H25ClFN3O2. The van der Waals surface area contributed by atoms with Gasteiger partial charge in [0, 0.05) is 18.1 Å². The van der Waals surface area contributed by atoms with Crippen molar-refractivity contribution >= 4 is 17.5 Å². The molecule has 4 rings (SSSR count). The molecule has 3 aromatic carbocycles. The molecule has 0 aliphatic rings. The van der Waals surface area contributed by atoms with Crippen molar-refractivity contribution < 1.29 is 13.6 Å². The van der Waals surface area contributed by atoms with Crippen molar-refractivity contribution in [2.75, 3.05) is 0 Å². The van der Waals surface area contributed by atoms with Gasteiger partial charge in [0.2, 0.25) is 5.89 Å². The van der Waals surface area contributed by atoms with Gasteiger partial charge in [-0.15, -0.1) is 0 Å². The van der Waals surface area contributed by atoms with Crippen molar-refractivity contribution in [2.45, 2.75) is 32.6 Å². The van der Waals surface area contributed by atoms with Crippen LogP contribution in [0.1, 0.15) is 46.0 Å². The number of carbonyl (C=O) groups is 1. The molecule has 0 saturated heterocycles. The van der Waals surface area contributed by atoms with Crippen LogP contribution in [0.25, 0.3) is 0 Å². The summed E-state index contributed by atoms with van der Waals surface area (Å²) < 4.78 is 19.0. The summed E-state index contributed by atoms with van der Waals surface area (Å²) in [6, 6.07) is 23.5. The van der Waals surface area contributed by atoms with Gasteiger partial charge in [-0.3, -0.25) is 9.69 Å². The van der Waals surface area contributed by atoms with Crippen LogP contribution in [0.5, 0.6) is 0 Å². The number of amides is 1. The van der Waals surface area contributed by atoms with Crippen molar-refractivity contribution in [3.05, 3.63) is 124 Å². The average Bonchev–Trinajstić information content (AvgIpc) is 3.31. The van der Waals surface area contributed by atoms with Gasteiger partial charge >= 0.3 is 0 Å². The topological polar surface area (TPSA) is 58.4 Å². The first kappa shape index (κ1) is 23.7. The Bertz CT molecular complexity index is 1230. The number of oxazole rings is 1. The first-order valence-corrected chi connectivity index (χ1v) is 11.4. The highest BCUT2D eigenvalue weighted by Crippen LogP contribution is 2.20. The van der Waals surface area contributed by atoms with Crippen LogP contribution >= 0.6 is 11.6 Å². The summed E-state index contributed by atoms with van der Waals surface area (Å²) in [5, 5.41) is 3.60. The van der Waals surface area contributed by atoms with Crippen LogP contribution in [0, 0.1) is 5.82 Å².